The van der Waals surface area contributed by atoms with Gasteiger partial charge >= 0.3 is 0 Å². The van der Waals surface area contributed by atoms with Crippen LogP contribution in [0.25, 0.3) is 0 Å². The molecule has 0 aromatic carbocycles. The molecule has 0 amide bonds. The number of fused-ring (bicyclic) bond motifs is 2. The van der Waals surface area contributed by atoms with E-state index in [0.717, 1.165) is 31.1 Å². The number of carbonyl (C=O) groups excluding carboxylic acids is 1. The second-order valence-corrected chi connectivity index (χ2v) is 10.5. The van der Waals surface area contributed by atoms with Gasteiger partial charge in [-0.05, 0) is 96.7 Å². The molecule has 2 fully saturated rings. The molecule has 0 aromatic heterocycles. The Morgan fingerprint density at radius 2 is 1.52 bits per heavy atom. The molecule has 0 aliphatic heterocycles. The van der Waals surface area contributed by atoms with Crippen LogP contribution in [0.2, 0.25) is 0 Å². The molecule has 0 aromatic rings. The van der Waals surface area contributed by atoms with Crippen LogP contribution in [0.3, 0.4) is 0 Å². The van der Waals surface area contributed by atoms with E-state index in [1.807, 2.05) is 6.92 Å². The van der Waals surface area contributed by atoms with E-state index in [1.54, 1.807) is 0 Å². The highest BCUT2D eigenvalue weighted by atomic mass is 79.9. The topological polar surface area (TPSA) is 37.3 Å². The van der Waals surface area contributed by atoms with Crippen molar-refractivity contribution in [2.75, 3.05) is 0 Å². The Balaban J connectivity index is 0.000000166. The molecule has 4 heteroatoms. The quantitative estimate of drug-likeness (QED) is 0.301. The first kappa shape index (κ1) is 23.2. The number of aliphatic hydroxyl groups is 1. The Labute approximate surface area is 192 Å². The fourth-order valence-electron chi connectivity index (χ4n) is 6.40. The largest absolute Gasteiger partial charge is 0.389 e. The highest BCUT2D eigenvalue weighted by Crippen LogP contribution is 2.56. The van der Waals surface area contributed by atoms with Gasteiger partial charge in [0.25, 0.3) is 0 Å². The standard InChI is InChI=1S/C13H19BrO.C12H15BrO/c1-9(15)11-5-6-12-10(8-14)4-3-7-13(11,12)2;1-12-6-2-3-9(7-13)11(12)5-4-10(12)8-14/h5,8-9,12,15H,3-4,6-7H2,1-2H3;4,7-8,11H,2-3,5-6H2,1H3/b10-8+;9-7+/t9-,12-,13+;11-,12+/m00/s1. The summed E-state index contributed by atoms with van der Waals surface area (Å²) in [6, 6.07) is 0. The molecule has 0 radical (unpaired) electrons. The summed E-state index contributed by atoms with van der Waals surface area (Å²) in [7, 11) is 0. The van der Waals surface area contributed by atoms with Crippen molar-refractivity contribution in [2.45, 2.75) is 78.2 Å². The van der Waals surface area contributed by atoms with Crippen LogP contribution >= 0.6 is 31.9 Å². The number of allylic oxidation sites excluding steroid dienone is 5. The second-order valence-electron chi connectivity index (χ2n) is 9.60. The Hall–Kier alpha value is -0.450. The van der Waals surface area contributed by atoms with Gasteiger partial charge in [0.1, 0.15) is 6.29 Å². The minimum Gasteiger partial charge on any atom is -0.389 e. The first-order chi connectivity index (χ1) is 13.8. The van der Waals surface area contributed by atoms with Gasteiger partial charge in [0.2, 0.25) is 0 Å². The van der Waals surface area contributed by atoms with E-state index in [9.17, 15) is 9.90 Å². The number of aliphatic hydroxyl groups excluding tert-OH is 1. The molecule has 1 N–H and O–H groups in total. The van der Waals surface area contributed by atoms with Crippen molar-refractivity contribution in [1.82, 2.24) is 0 Å². The van der Waals surface area contributed by atoms with Gasteiger partial charge in [0, 0.05) is 5.41 Å². The van der Waals surface area contributed by atoms with Gasteiger partial charge in [-0.2, -0.15) is 0 Å². The smallest absolute Gasteiger partial charge is 0.146 e. The van der Waals surface area contributed by atoms with Crippen LogP contribution in [0.15, 0.2) is 44.4 Å². The van der Waals surface area contributed by atoms with E-state index in [4.69, 9.17) is 0 Å². The summed E-state index contributed by atoms with van der Waals surface area (Å²) in [4.78, 5) is 15.1. The van der Waals surface area contributed by atoms with Crippen molar-refractivity contribution < 1.29 is 9.90 Å². The van der Waals surface area contributed by atoms with E-state index in [2.05, 4.69) is 67.8 Å². The fraction of sp³-hybridized carbons (Fsp3) is 0.640. The summed E-state index contributed by atoms with van der Waals surface area (Å²) >= 11 is 6.92. The predicted molar refractivity (Wildman–Crippen MR) is 128 cm³/mol. The molecule has 4 aliphatic rings. The maximum absolute atomic E-state index is 11.0. The average Bonchev–Trinajstić information content (AvgIpc) is 3.24. The molecule has 0 unspecified atom stereocenters. The van der Waals surface area contributed by atoms with Gasteiger partial charge < -0.3 is 5.11 Å². The Kier molecular flexibility index (Phi) is 7.49. The molecule has 5 atom stereocenters. The van der Waals surface area contributed by atoms with Gasteiger partial charge in [0.15, 0.2) is 0 Å². The fourth-order valence-corrected chi connectivity index (χ4v) is 7.49. The minimum absolute atomic E-state index is 0.125. The maximum Gasteiger partial charge on any atom is 0.146 e. The zero-order valence-electron chi connectivity index (χ0n) is 17.9. The third kappa shape index (κ3) is 4.19. The first-order valence-electron chi connectivity index (χ1n) is 10.9. The number of halogens is 2. The number of hydrogen-bond donors (Lipinski definition) is 1. The predicted octanol–water partition coefficient (Wildman–Crippen LogP) is 7.38. The molecule has 4 rings (SSSR count). The molecule has 160 valence electrons. The SMILES string of the molecule is C[C@H](O)C1=CC[C@H]2/C(=C/Br)CCC[C@]12C.C[C@]12CCC/C(=C\Br)[C@@H]1CC=C2C=O. The Bertz CT molecular complexity index is 761. The van der Waals surface area contributed by atoms with Gasteiger partial charge in [-0.1, -0.05) is 69.0 Å². The molecule has 0 saturated heterocycles. The second kappa shape index (κ2) is 9.36. The van der Waals surface area contributed by atoms with Crippen molar-refractivity contribution in [3.63, 3.8) is 0 Å². The monoisotopic (exact) mass is 524 g/mol. The summed E-state index contributed by atoms with van der Waals surface area (Å²) in [5.41, 5.74) is 5.63. The molecule has 2 nitrogen and oxygen atoms in total. The summed E-state index contributed by atoms with van der Waals surface area (Å²) in [5, 5.41) is 9.82. The van der Waals surface area contributed by atoms with E-state index < -0.39 is 0 Å². The molecule has 2 saturated carbocycles. The maximum atomic E-state index is 11.0. The number of carbonyl (C=O) groups is 1. The Morgan fingerprint density at radius 1 is 1.00 bits per heavy atom. The van der Waals surface area contributed by atoms with E-state index in [-0.39, 0.29) is 16.9 Å². The van der Waals surface area contributed by atoms with E-state index >= 15 is 0 Å². The zero-order chi connectivity index (χ0) is 21.2. The number of hydrogen-bond acceptors (Lipinski definition) is 2. The Morgan fingerprint density at radius 3 is 2.03 bits per heavy atom. The third-order valence-electron chi connectivity index (χ3n) is 8.08. The molecule has 0 bridgehead atoms. The summed E-state index contributed by atoms with van der Waals surface area (Å²) < 4.78 is 0. The summed E-state index contributed by atoms with van der Waals surface area (Å²) in [6.07, 6.45) is 14.5. The highest BCUT2D eigenvalue weighted by Gasteiger charge is 2.46. The van der Waals surface area contributed by atoms with Crippen LogP contribution in [0.4, 0.5) is 0 Å². The number of rotatable bonds is 2. The van der Waals surface area contributed by atoms with Gasteiger partial charge in [-0.25, -0.2) is 0 Å². The number of aldehydes is 1. The van der Waals surface area contributed by atoms with E-state index in [0.29, 0.717) is 11.8 Å². The normalized spacial score (nSPS) is 39.8. The lowest BCUT2D eigenvalue weighted by Gasteiger charge is -2.41. The van der Waals surface area contributed by atoms with Crippen LogP contribution in [-0.4, -0.2) is 17.5 Å². The van der Waals surface area contributed by atoms with Gasteiger partial charge in [-0.3, -0.25) is 4.79 Å². The lowest BCUT2D eigenvalue weighted by Crippen LogP contribution is -2.33. The molecule has 0 heterocycles. The van der Waals surface area contributed by atoms with Crippen LogP contribution in [0, 0.1) is 22.7 Å². The van der Waals surface area contributed by atoms with Crippen LogP contribution in [0.1, 0.15) is 72.1 Å². The van der Waals surface area contributed by atoms with Crippen molar-refractivity contribution in [2.24, 2.45) is 22.7 Å². The molecular weight excluding hydrogens is 492 g/mol. The van der Waals surface area contributed by atoms with Gasteiger partial charge in [0.05, 0.1) is 6.10 Å². The highest BCUT2D eigenvalue weighted by molar-refractivity contribution is 9.11. The van der Waals surface area contributed by atoms with Crippen LogP contribution in [-0.2, 0) is 4.79 Å². The molecular formula is C25H34Br2O2. The van der Waals surface area contributed by atoms with Crippen molar-refractivity contribution in [3.8, 4) is 0 Å². The zero-order valence-corrected chi connectivity index (χ0v) is 21.1. The van der Waals surface area contributed by atoms with Crippen molar-refractivity contribution in [1.29, 1.82) is 0 Å². The summed E-state index contributed by atoms with van der Waals surface area (Å²) in [6.45, 7) is 6.45. The minimum atomic E-state index is -0.283. The van der Waals surface area contributed by atoms with Gasteiger partial charge in [-0.15, -0.1) is 0 Å². The molecule has 0 spiro atoms. The third-order valence-corrected chi connectivity index (χ3v) is 9.26. The van der Waals surface area contributed by atoms with E-state index in [1.165, 1.54) is 48.8 Å². The first-order valence-corrected chi connectivity index (χ1v) is 12.8. The van der Waals surface area contributed by atoms with Crippen molar-refractivity contribution >= 4 is 38.1 Å². The van der Waals surface area contributed by atoms with Crippen LogP contribution in [0.5, 0.6) is 0 Å². The lowest BCUT2D eigenvalue weighted by atomic mass is 9.64. The molecule has 4 aliphatic carbocycles. The molecule has 29 heavy (non-hydrogen) atoms. The summed E-state index contributed by atoms with van der Waals surface area (Å²) in [5.74, 6) is 1.19. The van der Waals surface area contributed by atoms with Crippen LogP contribution < -0.4 is 0 Å². The van der Waals surface area contributed by atoms with Crippen molar-refractivity contribution in [3.05, 3.63) is 44.4 Å². The lowest BCUT2D eigenvalue weighted by molar-refractivity contribution is -0.106. The average molecular weight is 526 g/mol.